The molecule has 0 aliphatic carbocycles. The predicted molar refractivity (Wildman–Crippen MR) is 90.5 cm³/mol. The molecule has 2 rings (SSSR count). The van der Waals surface area contributed by atoms with E-state index in [9.17, 15) is 0 Å². The molecular weight excluding hydrogens is 258 g/mol. The molecule has 3 heteroatoms. The van der Waals surface area contributed by atoms with E-state index in [0.717, 1.165) is 32.1 Å². The van der Waals surface area contributed by atoms with Crippen LogP contribution < -0.4 is 5.73 Å². The highest BCUT2D eigenvalue weighted by Crippen LogP contribution is 2.19. The summed E-state index contributed by atoms with van der Waals surface area (Å²) in [5.41, 5.74) is 9.04. The highest BCUT2D eigenvalue weighted by molar-refractivity contribution is 5.25. The van der Waals surface area contributed by atoms with Gasteiger partial charge in [-0.05, 0) is 43.6 Å². The Bertz CT molecular complexity index is 411. The minimum Gasteiger partial charge on any atom is -0.323 e. The van der Waals surface area contributed by atoms with Crippen molar-refractivity contribution >= 4 is 0 Å². The van der Waals surface area contributed by atoms with E-state index in [4.69, 9.17) is 5.73 Å². The van der Waals surface area contributed by atoms with Crippen molar-refractivity contribution in [3.8, 4) is 0 Å². The second-order valence-corrected chi connectivity index (χ2v) is 6.12. The van der Waals surface area contributed by atoms with Crippen LogP contribution in [0.4, 0.5) is 0 Å². The van der Waals surface area contributed by atoms with E-state index in [1.54, 1.807) is 0 Å². The molecule has 1 aromatic rings. The fraction of sp³-hybridized carbons (Fsp3) is 0.667. The molecule has 1 fully saturated rings. The second-order valence-electron chi connectivity index (χ2n) is 6.12. The minimum atomic E-state index is 0.131. The Kier molecular flexibility index (Phi) is 6.22. The predicted octanol–water partition coefficient (Wildman–Crippen LogP) is 2.66. The average molecular weight is 289 g/mol. The van der Waals surface area contributed by atoms with Gasteiger partial charge in [-0.15, -0.1) is 0 Å². The summed E-state index contributed by atoms with van der Waals surface area (Å²) in [4.78, 5) is 5.10. The number of hydrogen-bond donors (Lipinski definition) is 1. The van der Waals surface area contributed by atoms with Gasteiger partial charge in [-0.25, -0.2) is 0 Å². The van der Waals surface area contributed by atoms with Crippen LogP contribution in [0.15, 0.2) is 24.3 Å². The van der Waals surface area contributed by atoms with Gasteiger partial charge in [-0.3, -0.25) is 9.80 Å². The maximum Gasteiger partial charge on any atom is 0.0424 e. The van der Waals surface area contributed by atoms with Crippen molar-refractivity contribution < 1.29 is 0 Å². The molecule has 21 heavy (non-hydrogen) atoms. The summed E-state index contributed by atoms with van der Waals surface area (Å²) < 4.78 is 0. The number of likely N-dealkylation sites (N-methyl/N-ethyl adjacent to an activating group) is 1. The molecule has 0 spiro atoms. The summed E-state index contributed by atoms with van der Waals surface area (Å²) in [6.45, 7) is 12.3. The van der Waals surface area contributed by atoms with Crippen LogP contribution in [-0.4, -0.2) is 48.6 Å². The van der Waals surface area contributed by atoms with Crippen molar-refractivity contribution in [2.75, 3.05) is 32.7 Å². The van der Waals surface area contributed by atoms with Gasteiger partial charge in [-0.1, -0.05) is 45.0 Å². The number of aryl methyl sites for hydroxylation is 1. The lowest BCUT2D eigenvalue weighted by Gasteiger charge is -2.27. The fourth-order valence-electron chi connectivity index (χ4n) is 3.40. The molecule has 0 amide bonds. The standard InChI is InChI=1S/C18H31N3/c1-4-15-7-9-16(10-8-15)18(19)14-20-12-11-17(13-20)21(5-2)6-3/h7-10,17-18H,4-6,11-14,19H2,1-3H3. The van der Waals surface area contributed by atoms with E-state index in [0.29, 0.717) is 0 Å². The molecule has 3 nitrogen and oxygen atoms in total. The molecule has 1 saturated heterocycles. The van der Waals surface area contributed by atoms with Crippen LogP contribution in [0, 0.1) is 0 Å². The highest BCUT2D eigenvalue weighted by Gasteiger charge is 2.27. The first-order chi connectivity index (χ1) is 10.2. The Morgan fingerprint density at radius 1 is 1.19 bits per heavy atom. The van der Waals surface area contributed by atoms with Crippen molar-refractivity contribution in [1.82, 2.24) is 9.80 Å². The van der Waals surface area contributed by atoms with Crippen molar-refractivity contribution in [1.29, 1.82) is 0 Å². The number of rotatable bonds is 7. The van der Waals surface area contributed by atoms with Gasteiger partial charge in [0.2, 0.25) is 0 Å². The lowest BCUT2D eigenvalue weighted by molar-refractivity contribution is 0.208. The largest absolute Gasteiger partial charge is 0.323 e. The number of likely N-dealkylation sites (tertiary alicyclic amines) is 1. The molecule has 2 atom stereocenters. The van der Waals surface area contributed by atoms with Gasteiger partial charge >= 0.3 is 0 Å². The first kappa shape index (κ1) is 16.5. The smallest absolute Gasteiger partial charge is 0.0424 e. The fourth-order valence-corrected chi connectivity index (χ4v) is 3.40. The summed E-state index contributed by atoms with van der Waals surface area (Å²) >= 11 is 0. The van der Waals surface area contributed by atoms with Gasteiger partial charge in [0.05, 0.1) is 0 Å². The molecule has 118 valence electrons. The van der Waals surface area contributed by atoms with E-state index >= 15 is 0 Å². The van der Waals surface area contributed by atoms with Crippen molar-refractivity contribution in [2.24, 2.45) is 5.73 Å². The Morgan fingerprint density at radius 2 is 1.86 bits per heavy atom. The Hall–Kier alpha value is -0.900. The summed E-state index contributed by atoms with van der Waals surface area (Å²) in [5.74, 6) is 0. The number of hydrogen-bond acceptors (Lipinski definition) is 3. The normalized spacial score (nSPS) is 21.1. The molecule has 0 bridgehead atoms. The molecule has 2 unspecified atom stereocenters. The first-order valence-corrected chi connectivity index (χ1v) is 8.48. The zero-order chi connectivity index (χ0) is 15.2. The Balaban J connectivity index is 1.87. The van der Waals surface area contributed by atoms with Gasteiger partial charge in [0.15, 0.2) is 0 Å². The average Bonchev–Trinajstić information content (AvgIpc) is 2.97. The van der Waals surface area contributed by atoms with Crippen LogP contribution in [0.25, 0.3) is 0 Å². The van der Waals surface area contributed by atoms with Gasteiger partial charge in [0, 0.05) is 25.2 Å². The Morgan fingerprint density at radius 3 is 2.43 bits per heavy atom. The lowest BCUT2D eigenvalue weighted by atomic mass is 10.0. The monoisotopic (exact) mass is 289 g/mol. The van der Waals surface area contributed by atoms with Crippen LogP contribution >= 0.6 is 0 Å². The molecule has 0 saturated carbocycles. The zero-order valence-electron chi connectivity index (χ0n) is 13.9. The Labute approximate surface area is 130 Å². The maximum absolute atomic E-state index is 6.40. The van der Waals surface area contributed by atoms with Crippen LogP contribution in [0.5, 0.6) is 0 Å². The van der Waals surface area contributed by atoms with Crippen LogP contribution in [0.2, 0.25) is 0 Å². The number of benzene rings is 1. The molecule has 1 aliphatic heterocycles. The summed E-state index contributed by atoms with van der Waals surface area (Å²) in [7, 11) is 0. The third-order valence-corrected chi connectivity index (χ3v) is 4.85. The van der Waals surface area contributed by atoms with E-state index in [1.165, 1.54) is 30.6 Å². The summed E-state index contributed by atoms with van der Waals surface area (Å²) in [5, 5.41) is 0. The van der Waals surface area contributed by atoms with Gasteiger partial charge < -0.3 is 5.73 Å². The third-order valence-electron chi connectivity index (χ3n) is 4.85. The molecule has 2 N–H and O–H groups in total. The van der Waals surface area contributed by atoms with E-state index in [2.05, 4.69) is 54.8 Å². The molecule has 0 radical (unpaired) electrons. The van der Waals surface area contributed by atoms with Gasteiger partial charge in [0.1, 0.15) is 0 Å². The number of nitrogens with zero attached hydrogens (tertiary/aromatic N) is 2. The maximum atomic E-state index is 6.40. The zero-order valence-corrected chi connectivity index (χ0v) is 13.9. The third kappa shape index (κ3) is 4.29. The highest BCUT2D eigenvalue weighted by atomic mass is 15.3. The van der Waals surface area contributed by atoms with Crippen LogP contribution in [0.1, 0.15) is 44.4 Å². The summed E-state index contributed by atoms with van der Waals surface area (Å²) in [6.07, 6.45) is 2.37. The molecule has 1 aliphatic rings. The van der Waals surface area contributed by atoms with E-state index in [-0.39, 0.29) is 6.04 Å². The summed E-state index contributed by atoms with van der Waals surface area (Å²) in [6, 6.07) is 9.65. The van der Waals surface area contributed by atoms with Gasteiger partial charge in [0.25, 0.3) is 0 Å². The van der Waals surface area contributed by atoms with E-state index < -0.39 is 0 Å². The number of nitrogens with two attached hydrogens (primary N) is 1. The quantitative estimate of drug-likeness (QED) is 0.837. The van der Waals surface area contributed by atoms with Crippen molar-refractivity contribution in [3.63, 3.8) is 0 Å². The van der Waals surface area contributed by atoms with Crippen molar-refractivity contribution in [3.05, 3.63) is 35.4 Å². The van der Waals surface area contributed by atoms with E-state index in [1.807, 2.05) is 0 Å². The van der Waals surface area contributed by atoms with Crippen molar-refractivity contribution in [2.45, 2.75) is 45.7 Å². The second kappa shape index (κ2) is 7.92. The SMILES string of the molecule is CCc1ccc(C(N)CN2CCC(N(CC)CC)C2)cc1. The molecule has 1 aromatic carbocycles. The topological polar surface area (TPSA) is 32.5 Å². The minimum absolute atomic E-state index is 0.131. The van der Waals surface area contributed by atoms with Crippen LogP contribution in [-0.2, 0) is 6.42 Å². The van der Waals surface area contributed by atoms with Gasteiger partial charge in [-0.2, -0.15) is 0 Å². The molecule has 1 heterocycles. The molecular formula is C18H31N3. The van der Waals surface area contributed by atoms with Crippen LogP contribution in [0.3, 0.4) is 0 Å². The lowest BCUT2D eigenvalue weighted by Crippen LogP contribution is -2.38. The first-order valence-electron chi connectivity index (χ1n) is 8.48. The molecule has 0 aromatic heterocycles.